The van der Waals surface area contributed by atoms with Crippen LogP contribution in [0.2, 0.25) is 0 Å². The zero-order valence-electron chi connectivity index (χ0n) is 11.0. The van der Waals surface area contributed by atoms with Gasteiger partial charge in [-0.05, 0) is 30.2 Å². The van der Waals surface area contributed by atoms with Crippen LogP contribution >= 0.6 is 0 Å². The fourth-order valence-corrected chi connectivity index (χ4v) is 1.63. The summed E-state index contributed by atoms with van der Waals surface area (Å²) >= 11 is 0. The van der Waals surface area contributed by atoms with Gasteiger partial charge in [-0.25, -0.2) is 0 Å². The van der Waals surface area contributed by atoms with E-state index in [0.29, 0.717) is 6.54 Å². The van der Waals surface area contributed by atoms with Crippen molar-refractivity contribution in [2.24, 2.45) is 16.9 Å². The number of rotatable bonds is 5. The first kappa shape index (κ1) is 13.8. The molecule has 0 radical (unpaired) electrons. The van der Waals surface area contributed by atoms with Gasteiger partial charge < -0.3 is 20.9 Å². The Morgan fingerprint density at radius 2 is 1.88 bits per heavy atom. The predicted octanol–water partition coefficient (Wildman–Crippen LogP) is 1.69. The van der Waals surface area contributed by atoms with Crippen LogP contribution in [-0.2, 0) is 0 Å². The first-order valence-corrected chi connectivity index (χ1v) is 5.64. The molecule has 0 aromatic heterocycles. The molecule has 4 heteroatoms. The second-order valence-electron chi connectivity index (χ2n) is 4.78. The van der Waals surface area contributed by atoms with Crippen LogP contribution in [0.15, 0.2) is 18.2 Å². The fourth-order valence-electron chi connectivity index (χ4n) is 1.63. The average Bonchev–Trinajstić information content (AvgIpc) is 2.36. The molecule has 0 bridgehead atoms. The lowest BCUT2D eigenvalue weighted by Crippen LogP contribution is -2.36. The molecule has 1 aromatic carbocycles. The van der Waals surface area contributed by atoms with Gasteiger partial charge in [0.1, 0.15) is 11.5 Å². The Morgan fingerprint density at radius 1 is 1.24 bits per heavy atom. The van der Waals surface area contributed by atoms with E-state index < -0.39 is 0 Å². The normalized spacial score (nSPS) is 13.3. The zero-order chi connectivity index (χ0) is 13.1. The van der Waals surface area contributed by atoms with Crippen LogP contribution < -0.4 is 20.9 Å². The van der Waals surface area contributed by atoms with E-state index in [0.717, 1.165) is 17.1 Å². The number of ether oxygens (including phenoxy) is 2. The molecule has 96 valence electrons. The Hall–Kier alpha value is -1.26. The molecule has 0 fully saturated rings. The van der Waals surface area contributed by atoms with Gasteiger partial charge in [-0.2, -0.15) is 0 Å². The maximum Gasteiger partial charge on any atom is 0.123 e. The topological polar surface area (TPSA) is 70.5 Å². The number of methoxy groups -OCH3 is 2. The first-order chi connectivity index (χ1) is 7.96. The van der Waals surface area contributed by atoms with Crippen molar-refractivity contribution >= 4 is 0 Å². The summed E-state index contributed by atoms with van der Waals surface area (Å²) in [6.07, 6.45) is 0. The maximum atomic E-state index is 6.27. The highest BCUT2D eigenvalue weighted by atomic mass is 16.5. The lowest BCUT2D eigenvalue weighted by Gasteiger charge is -2.31. The van der Waals surface area contributed by atoms with E-state index in [4.69, 9.17) is 20.9 Å². The second kappa shape index (κ2) is 5.38. The van der Waals surface area contributed by atoms with E-state index >= 15 is 0 Å². The van der Waals surface area contributed by atoms with Crippen molar-refractivity contribution in [2.45, 2.75) is 19.9 Å². The van der Waals surface area contributed by atoms with Crippen LogP contribution in [0, 0.1) is 5.41 Å². The average molecular weight is 238 g/mol. The van der Waals surface area contributed by atoms with Gasteiger partial charge >= 0.3 is 0 Å². The van der Waals surface area contributed by atoms with Crippen molar-refractivity contribution in [3.63, 3.8) is 0 Å². The molecule has 0 amide bonds. The quantitative estimate of drug-likeness (QED) is 0.819. The largest absolute Gasteiger partial charge is 0.497 e. The molecular formula is C13H22N2O2. The van der Waals surface area contributed by atoms with Gasteiger partial charge in [0.25, 0.3) is 0 Å². The number of benzene rings is 1. The van der Waals surface area contributed by atoms with E-state index in [9.17, 15) is 0 Å². The predicted molar refractivity (Wildman–Crippen MR) is 69.3 cm³/mol. The van der Waals surface area contributed by atoms with Gasteiger partial charge in [0.15, 0.2) is 0 Å². The second-order valence-corrected chi connectivity index (χ2v) is 4.78. The molecule has 1 unspecified atom stereocenters. The third-order valence-electron chi connectivity index (χ3n) is 3.14. The minimum atomic E-state index is -0.197. The Bertz CT molecular complexity index is 378. The zero-order valence-corrected chi connectivity index (χ0v) is 11.0. The fraction of sp³-hybridized carbons (Fsp3) is 0.538. The maximum absolute atomic E-state index is 6.27. The van der Waals surface area contributed by atoms with Crippen molar-refractivity contribution in [3.05, 3.63) is 23.8 Å². The van der Waals surface area contributed by atoms with Crippen molar-refractivity contribution in [1.29, 1.82) is 0 Å². The Morgan fingerprint density at radius 3 is 2.35 bits per heavy atom. The third-order valence-corrected chi connectivity index (χ3v) is 3.14. The Labute approximate surface area is 103 Å². The minimum absolute atomic E-state index is 0.195. The summed E-state index contributed by atoms with van der Waals surface area (Å²) in [5, 5.41) is 0. The molecule has 0 aliphatic rings. The molecule has 0 aliphatic heterocycles. The summed E-state index contributed by atoms with van der Waals surface area (Å²) in [7, 11) is 3.26. The molecule has 1 rings (SSSR count). The first-order valence-electron chi connectivity index (χ1n) is 5.64. The standard InChI is InChI=1S/C13H22N2O2/c1-13(2,8-14)12(15)10-7-9(16-3)5-6-11(10)17-4/h5-7,12H,8,14-15H2,1-4H3. The van der Waals surface area contributed by atoms with Crippen LogP contribution in [0.1, 0.15) is 25.5 Å². The van der Waals surface area contributed by atoms with E-state index in [1.807, 2.05) is 32.0 Å². The van der Waals surface area contributed by atoms with E-state index in [1.54, 1.807) is 14.2 Å². The molecule has 0 saturated heterocycles. The monoisotopic (exact) mass is 238 g/mol. The molecular weight excluding hydrogens is 216 g/mol. The molecule has 17 heavy (non-hydrogen) atoms. The summed E-state index contributed by atoms with van der Waals surface area (Å²) < 4.78 is 10.5. The Kier molecular flexibility index (Phi) is 4.37. The van der Waals surface area contributed by atoms with Crippen LogP contribution in [-0.4, -0.2) is 20.8 Å². The van der Waals surface area contributed by atoms with Crippen molar-refractivity contribution in [1.82, 2.24) is 0 Å². The van der Waals surface area contributed by atoms with E-state index in [-0.39, 0.29) is 11.5 Å². The summed E-state index contributed by atoms with van der Waals surface area (Å²) in [6.45, 7) is 4.59. The van der Waals surface area contributed by atoms with Crippen molar-refractivity contribution in [3.8, 4) is 11.5 Å². The van der Waals surface area contributed by atoms with Crippen LogP contribution in [0.3, 0.4) is 0 Å². The molecule has 0 spiro atoms. The number of nitrogens with two attached hydrogens (primary N) is 2. The van der Waals surface area contributed by atoms with Gasteiger partial charge in [-0.15, -0.1) is 0 Å². The highest BCUT2D eigenvalue weighted by molar-refractivity contribution is 5.42. The van der Waals surface area contributed by atoms with Crippen LogP contribution in [0.25, 0.3) is 0 Å². The van der Waals surface area contributed by atoms with Gasteiger partial charge in [-0.1, -0.05) is 13.8 Å². The van der Waals surface area contributed by atoms with Crippen molar-refractivity contribution < 1.29 is 9.47 Å². The molecule has 0 saturated carbocycles. The van der Waals surface area contributed by atoms with Crippen LogP contribution in [0.4, 0.5) is 0 Å². The molecule has 1 atom stereocenters. The summed E-state index contributed by atoms with van der Waals surface area (Å²) in [5.41, 5.74) is 12.7. The third kappa shape index (κ3) is 2.90. The van der Waals surface area contributed by atoms with Gasteiger partial charge in [0.05, 0.1) is 14.2 Å². The van der Waals surface area contributed by atoms with Crippen molar-refractivity contribution in [2.75, 3.05) is 20.8 Å². The molecule has 0 aliphatic carbocycles. The Balaban J connectivity index is 3.18. The van der Waals surface area contributed by atoms with Crippen LogP contribution in [0.5, 0.6) is 11.5 Å². The highest BCUT2D eigenvalue weighted by Crippen LogP contribution is 2.37. The highest BCUT2D eigenvalue weighted by Gasteiger charge is 2.28. The van der Waals surface area contributed by atoms with Gasteiger partial charge in [0, 0.05) is 11.6 Å². The van der Waals surface area contributed by atoms with Gasteiger partial charge in [-0.3, -0.25) is 0 Å². The summed E-state index contributed by atoms with van der Waals surface area (Å²) in [6, 6.07) is 5.42. The smallest absolute Gasteiger partial charge is 0.123 e. The van der Waals surface area contributed by atoms with Gasteiger partial charge in [0.2, 0.25) is 0 Å². The number of hydrogen-bond donors (Lipinski definition) is 2. The molecule has 0 heterocycles. The summed E-state index contributed by atoms with van der Waals surface area (Å²) in [4.78, 5) is 0. The minimum Gasteiger partial charge on any atom is -0.497 e. The summed E-state index contributed by atoms with van der Waals surface area (Å²) in [5.74, 6) is 1.53. The number of hydrogen-bond acceptors (Lipinski definition) is 4. The SMILES string of the molecule is COc1ccc(OC)c(C(N)C(C)(C)CN)c1. The van der Waals surface area contributed by atoms with E-state index in [1.165, 1.54) is 0 Å². The van der Waals surface area contributed by atoms with E-state index in [2.05, 4.69) is 0 Å². The molecule has 4 N–H and O–H groups in total. The molecule has 1 aromatic rings. The molecule has 4 nitrogen and oxygen atoms in total. The lowest BCUT2D eigenvalue weighted by molar-refractivity contribution is 0.291. The lowest BCUT2D eigenvalue weighted by atomic mass is 9.81.